The molecule has 1 N–H and O–H groups in total. The molecule has 2 fully saturated rings. The summed E-state index contributed by atoms with van der Waals surface area (Å²) in [6.07, 6.45) is 3.41. The molecule has 4 heteroatoms. The SMILES string of the molecule is CC12CCC(C1)C(C)(C)C2Nc1cc(F)c(F)cc1F. The molecule has 0 aromatic heterocycles. The van der Waals surface area contributed by atoms with Gasteiger partial charge in [0.2, 0.25) is 0 Å². The summed E-state index contributed by atoms with van der Waals surface area (Å²) in [5.41, 5.74) is 0.200. The van der Waals surface area contributed by atoms with Crippen LogP contribution in [0.2, 0.25) is 0 Å². The van der Waals surface area contributed by atoms with Crippen LogP contribution in [0.3, 0.4) is 0 Å². The van der Waals surface area contributed by atoms with Crippen LogP contribution < -0.4 is 5.32 Å². The Morgan fingerprint density at radius 2 is 1.70 bits per heavy atom. The average molecular weight is 283 g/mol. The van der Waals surface area contributed by atoms with E-state index in [2.05, 4.69) is 26.1 Å². The fraction of sp³-hybridized carbons (Fsp3) is 0.625. The van der Waals surface area contributed by atoms with Crippen molar-refractivity contribution < 1.29 is 13.2 Å². The van der Waals surface area contributed by atoms with Crippen LogP contribution in [0, 0.1) is 34.2 Å². The van der Waals surface area contributed by atoms with Crippen molar-refractivity contribution in [1.82, 2.24) is 0 Å². The van der Waals surface area contributed by atoms with E-state index in [0.29, 0.717) is 12.0 Å². The summed E-state index contributed by atoms with van der Waals surface area (Å²) in [5, 5.41) is 3.16. The molecule has 3 atom stereocenters. The number of anilines is 1. The summed E-state index contributed by atoms with van der Waals surface area (Å²) in [6.45, 7) is 6.56. The van der Waals surface area contributed by atoms with Crippen molar-refractivity contribution in [2.75, 3.05) is 5.32 Å². The highest BCUT2D eigenvalue weighted by atomic mass is 19.2. The Morgan fingerprint density at radius 1 is 1.05 bits per heavy atom. The largest absolute Gasteiger partial charge is 0.379 e. The van der Waals surface area contributed by atoms with Crippen LogP contribution in [0.4, 0.5) is 18.9 Å². The molecule has 1 aromatic carbocycles. The Balaban J connectivity index is 1.93. The summed E-state index contributed by atoms with van der Waals surface area (Å²) in [4.78, 5) is 0. The van der Waals surface area contributed by atoms with E-state index in [-0.39, 0.29) is 22.6 Å². The molecule has 0 saturated heterocycles. The summed E-state index contributed by atoms with van der Waals surface area (Å²) in [6, 6.07) is 1.61. The Kier molecular flexibility index (Phi) is 2.86. The maximum atomic E-state index is 13.8. The van der Waals surface area contributed by atoms with Gasteiger partial charge in [-0.2, -0.15) is 0 Å². The van der Waals surface area contributed by atoms with Crippen LogP contribution in [-0.4, -0.2) is 6.04 Å². The molecular weight excluding hydrogens is 263 g/mol. The molecule has 2 aliphatic carbocycles. The second-order valence-electron chi connectivity index (χ2n) is 7.24. The smallest absolute Gasteiger partial charge is 0.161 e. The predicted octanol–water partition coefficient (Wildman–Crippen LogP) is 4.73. The van der Waals surface area contributed by atoms with Crippen molar-refractivity contribution in [3.63, 3.8) is 0 Å². The lowest BCUT2D eigenvalue weighted by Gasteiger charge is -2.43. The average Bonchev–Trinajstić information content (AvgIpc) is 2.82. The van der Waals surface area contributed by atoms with Crippen molar-refractivity contribution in [3.8, 4) is 0 Å². The highest BCUT2D eigenvalue weighted by Gasteiger charge is 2.59. The normalized spacial score (nSPS) is 34.5. The van der Waals surface area contributed by atoms with Gasteiger partial charge in [-0.3, -0.25) is 0 Å². The van der Waals surface area contributed by atoms with E-state index in [9.17, 15) is 13.2 Å². The summed E-state index contributed by atoms with van der Waals surface area (Å²) >= 11 is 0. The lowest BCUT2D eigenvalue weighted by molar-refractivity contribution is 0.155. The van der Waals surface area contributed by atoms with Crippen molar-refractivity contribution in [2.24, 2.45) is 16.7 Å². The highest BCUT2D eigenvalue weighted by molar-refractivity contribution is 5.48. The summed E-state index contributed by atoms with van der Waals surface area (Å²) in [7, 11) is 0. The quantitative estimate of drug-likeness (QED) is 0.774. The first-order valence-corrected chi connectivity index (χ1v) is 7.15. The highest BCUT2D eigenvalue weighted by Crippen LogP contribution is 2.63. The molecule has 0 radical (unpaired) electrons. The number of rotatable bonds is 2. The summed E-state index contributed by atoms with van der Waals surface area (Å²) in [5.74, 6) is -2.28. The van der Waals surface area contributed by atoms with Crippen molar-refractivity contribution in [2.45, 2.75) is 46.1 Å². The lowest BCUT2D eigenvalue weighted by atomic mass is 9.68. The first-order valence-electron chi connectivity index (χ1n) is 7.15. The number of halogens is 3. The zero-order valence-corrected chi connectivity index (χ0v) is 12.1. The van der Waals surface area contributed by atoms with E-state index in [0.717, 1.165) is 18.9 Å². The van der Waals surface area contributed by atoms with Crippen LogP contribution in [-0.2, 0) is 0 Å². The van der Waals surface area contributed by atoms with Crippen molar-refractivity contribution in [3.05, 3.63) is 29.6 Å². The fourth-order valence-corrected chi connectivity index (χ4v) is 4.45. The third kappa shape index (κ3) is 1.84. The van der Waals surface area contributed by atoms with Gasteiger partial charge in [0.25, 0.3) is 0 Å². The minimum atomic E-state index is -1.15. The first kappa shape index (κ1) is 13.8. The van der Waals surface area contributed by atoms with E-state index in [1.165, 1.54) is 6.42 Å². The van der Waals surface area contributed by atoms with Gasteiger partial charge in [0.1, 0.15) is 5.82 Å². The molecular formula is C16H20F3N. The number of nitrogens with one attached hydrogen (secondary N) is 1. The number of hydrogen-bond acceptors (Lipinski definition) is 1. The Hall–Kier alpha value is -1.19. The van der Waals surface area contributed by atoms with E-state index in [4.69, 9.17) is 0 Å². The minimum Gasteiger partial charge on any atom is -0.379 e. The molecule has 1 aromatic rings. The Bertz CT molecular complexity index is 550. The van der Waals surface area contributed by atoms with Gasteiger partial charge in [0.05, 0.1) is 5.69 Å². The Morgan fingerprint density at radius 3 is 2.30 bits per heavy atom. The lowest BCUT2D eigenvalue weighted by Crippen LogP contribution is -2.46. The zero-order valence-electron chi connectivity index (χ0n) is 12.1. The third-order valence-corrected chi connectivity index (χ3v) is 5.58. The standard InChI is InChI=1S/C16H20F3N/c1-15(2)9-4-5-16(3,8-9)14(15)20-13-7-11(18)10(17)6-12(13)19/h6-7,9,14,20H,4-5,8H2,1-3H3. The van der Waals surface area contributed by atoms with E-state index in [1.54, 1.807) is 0 Å². The molecule has 1 nitrogen and oxygen atoms in total. The second kappa shape index (κ2) is 4.15. The van der Waals surface area contributed by atoms with Crippen LogP contribution in [0.15, 0.2) is 12.1 Å². The fourth-order valence-electron chi connectivity index (χ4n) is 4.45. The monoisotopic (exact) mass is 283 g/mol. The molecule has 3 unspecified atom stereocenters. The van der Waals surface area contributed by atoms with E-state index >= 15 is 0 Å². The van der Waals surface area contributed by atoms with Crippen LogP contribution in [0.1, 0.15) is 40.0 Å². The molecule has 20 heavy (non-hydrogen) atoms. The van der Waals surface area contributed by atoms with Gasteiger partial charge in [-0.05, 0) is 36.0 Å². The second-order valence-corrected chi connectivity index (χ2v) is 7.24. The molecule has 2 aliphatic rings. The third-order valence-electron chi connectivity index (χ3n) is 5.58. The first-order chi connectivity index (χ1) is 9.24. The van der Waals surface area contributed by atoms with Gasteiger partial charge in [-0.15, -0.1) is 0 Å². The van der Waals surface area contributed by atoms with Crippen LogP contribution in [0.25, 0.3) is 0 Å². The zero-order chi connectivity index (χ0) is 14.7. The van der Waals surface area contributed by atoms with Gasteiger partial charge in [-0.1, -0.05) is 20.8 Å². The predicted molar refractivity (Wildman–Crippen MR) is 73.0 cm³/mol. The maximum Gasteiger partial charge on any atom is 0.161 e. The van der Waals surface area contributed by atoms with Gasteiger partial charge < -0.3 is 5.32 Å². The number of benzene rings is 1. The molecule has 2 bridgehead atoms. The maximum absolute atomic E-state index is 13.8. The molecule has 0 aliphatic heterocycles. The molecule has 0 amide bonds. The van der Waals surface area contributed by atoms with Gasteiger partial charge >= 0.3 is 0 Å². The Labute approximate surface area is 117 Å². The topological polar surface area (TPSA) is 12.0 Å². The van der Waals surface area contributed by atoms with Gasteiger partial charge in [0.15, 0.2) is 11.6 Å². The number of hydrogen-bond donors (Lipinski definition) is 1. The van der Waals surface area contributed by atoms with Crippen molar-refractivity contribution in [1.29, 1.82) is 0 Å². The van der Waals surface area contributed by atoms with E-state index in [1.807, 2.05) is 0 Å². The molecule has 2 saturated carbocycles. The molecule has 0 heterocycles. The van der Waals surface area contributed by atoms with Crippen molar-refractivity contribution >= 4 is 5.69 Å². The molecule has 110 valence electrons. The van der Waals surface area contributed by atoms with Gasteiger partial charge in [0, 0.05) is 18.2 Å². The minimum absolute atomic E-state index is 0.0320. The molecule has 3 rings (SSSR count). The van der Waals surface area contributed by atoms with Crippen LogP contribution >= 0.6 is 0 Å². The van der Waals surface area contributed by atoms with Gasteiger partial charge in [-0.25, -0.2) is 13.2 Å². The number of fused-ring (bicyclic) bond motifs is 2. The van der Waals surface area contributed by atoms with Crippen LogP contribution in [0.5, 0.6) is 0 Å². The van der Waals surface area contributed by atoms with E-state index < -0.39 is 17.5 Å². The summed E-state index contributed by atoms with van der Waals surface area (Å²) < 4.78 is 40.2. The molecule has 0 spiro atoms.